The molecular weight excluding hydrogens is 157 g/mol. The molecule has 0 bridgehead atoms. The van der Waals surface area contributed by atoms with E-state index in [2.05, 4.69) is 4.98 Å². The van der Waals surface area contributed by atoms with Crippen LogP contribution in [-0.4, -0.2) is 11.1 Å². The Hall–Kier alpha value is -0.960. The molecule has 1 rings (SSSR count). The summed E-state index contributed by atoms with van der Waals surface area (Å²) in [5.74, 6) is -0.446. The van der Waals surface area contributed by atoms with Crippen LogP contribution in [0.1, 0.15) is 19.4 Å². The van der Waals surface area contributed by atoms with Gasteiger partial charge in [0.15, 0.2) is 0 Å². The fourth-order valence-corrected chi connectivity index (χ4v) is 0.783. The van der Waals surface area contributed by atoms with Gasteiger partial charge in [0.05, 0.1) is 12.7 Å². The quantitative estimate of drug-likeness (QED) is 0.647. The predicted octanol–water partition coefficient (Wildman–Crippen LogP) is 2.15. The van der Waals surface area contributed by atoms with Crippen molar-refractivity contribution in [1.29, 1.82) is 0 Å². The minimum atomic E-state index is -0.446. The summed E-state index contributed by atoms with van der Waals surface area (Å²) >= 11 is 0. The van der Waals surface area contributed by atoms with Gasteiger partial charge in [-0.15, -0.1) is 0 Å². The Kier molecular flexibility index (Phi) is 3.17. The first kappa shape index (κ1) is 9.13. The van der Waals surface area contributed by atoms with Crippen LogP contribution in [0.3, 0.4) is 0 Å². The number of nitrogens with zero attached hydrogens (tertiary/aromatic N) is 1. The lowest BCUT2D eigenvalue weighted by Crippen LogP contribution is -2.04. The second kappa shape index (κ2) is 4.16. The molecule has 1 aromatic rings. The second-order valence-corrected chi connectivity index (χ2v) is 2.81. The van der Waals surface area contributed by atoms with Crippen LogP contribution in [0.25, 0.3) is 0 Å². The van der Waals surface area contributed by atoms with Crippen molar-refractivity contribution in [3.05, 3.63) is 29.8 Å². The maximum Gasteiger partial charge on any atom is 0.218 e. The van der Waals surface area contributed by atoms with E-state index in [0.717, 1.165) is 0 Å². The molecule has 0 aliphatic carbocycles. The molecule has 0 aliphatic rings. The topological polar surface area (TPSA) is 22.1 Å². The van der Waals surface area contributed by atoms with Crippen LogP contribution >= 0.6 is 0 Å². The van der Waals surface area contributed by atoms with Crippen molar-refractivity contribution in [1.82, 2.24) is 4.98 Å². The Balaban J connectivity index is 2.57. The lowest BCUT2D eigenvalue weighted by molar-refractivity contribution is 0.0635. The van der Waals surface area contributed by atoms with Crippen LogP contribution in [-0.2, 0) is 11.3 Å². The van der Waals surface area contributed by atoms with E-state index in [1.54, 1.807) is 12.1 Å². The molecular formula is C9H12FNO. The Labute approximate surface area is 71.4 Å². The highest BCUT2D eigenvalue weighted by Crippen LogP contribution is 2.05. The van der Waals surface area contributed by atoms with Gasteiger partial charge in [-0.3, -0.25) is 0 Å². The first-order chi connectivity index (χ1) is 5.70. The Morgan fingerprint density at radius 2 is 2.33 bits per heavy atom. The molecule has 12 heavy (non-hydrogen) atoms. The third-order valence-corrected chi connectivity index (χ3v) is 1.41. The third-order valence-electron chi connectivity index (χ3n) is 1.41. The van der Waals surface area contributed by atoms with Crippen molar-refractivity contribution in [2.45, 2.75) is 26.6 Å². The number of hydrogen-bond acceptors (Lipinski definition) is 2. The number of pyridine rings is 1. The summed E-state index contributed by atoms with van der Waals surface area (Å²) in [5.41, 5.74) is 0.506. The summed E-state index contributed by atoms with van der Waals surface area (Å²) in [6, 6.07) is 3.37. The predicted molar refractivity (Wildman–Crippen MR) is 44.1 cm³/mol. The average Bonchev–Trinajstić information content (AvgIpc) is 2.03. The molecule has 0 aliphatic heterocycles. The highest BCUT2D eigenvalue weighted by atomic mass is 19.1. The highest BCUT2D eigenvalue weighted by Gasteiger charge is 2.02. The molecule has 0 amide bonds. The number of ether oxygens (including phenoxy) is 1. The highest BCUT2D eigenvalue weighted by molar-refractivity contribution is 5.09. The van der Waals surface area contributed by atoms with E-state index in [-0.39, 0.29) is 12.7 Å². The maximum absolute atomic E-state index is 12.8. The van der Waals surface area contributed by atoms with Crippen LogP contribution in [0.15, 0.2) is 18.3 Å². The molecule has 66 valence electrons. The lowest BCUT2D eigenvalue weighted by Gasteiger charge is -2.06. The van der Waals surface area contributed by atoms with Crippen LogP contribution in [0, 0.1) is 5.95 Å². The van der Waals surface area contributed by atoms with Crippen molar-refractivity contribution >= 4 is 0 Å². The molecule has 0 atom stereocenters. The Morgan fingerprint density at radius 3 is 2.92 bits per heavy atom. The van der Waals surface area contributed by atoms with Gasteiger partial charge in [0.25, 0.3) is 0 Å². The van der Waals surface area contributed by atoms with Gasteiger partial charge in [-0.2, -0.15) is 4.39 Å². The van der Waals surface area contributed by atoms with Gasteiger partial charge in [0, 0.05) is 11.8 Å². The molecule has 2 nitrogen and oxygen atoms in total. The van der Waals surface area contributed by atoms with E-state index in [4.69, 9.17) is 4.74 Å². The first-order valence-corrected chi connectivity index (χ1v) is 3.91. The van der Waals surface area contributed by atoms with Crippen LogP contribution in [0.2, 0.25) is 0 Å². The molecule has 1 heterocycles. The zero-order chi connectivity index (χ0) is 8.97. The lowest BCUT2D eigenvalue weighted by atomic mass is 10.3. The van der Waals surface area contributed by atoms with Gasteiger partial charge >= 0.3 is 0 Å². The standard InChI is InChI=1S/C9H12FNO/c1-7(2)12-6-8-4-3-5-11-9(8)10/h3-5,7H,6H2,1-2H3. The number of aromatic nitrogens is 1. The largest absolute Gasteiger partial charge is 0.374 e. The fourth-order valence-electron chi connectivity index (χ4n) is 0.783. The molecule has 0 fully saturated rings. The maximum atomic E-state index is 12.8. The molecule has 0 saturated heterocycles. The van der Waals surface area contributed by atoms with Gasteiger partial charge in [-0.1, -0.05) is 6.07 Å². The molecule has 0 N–H and O–H groups in total. The molecule has 1 aromatic heterocycles. The second-order valence-electron chi connectivity index (χ2n) is 2.81. The molecule has 0 radical (unpaired) electrons. The van der Waals surface area contributed by atoms with E-state index >= 15 is 0 Å². The monoisotopic (exact) mass is 169 g/mol. The van der Waals surface area contributed by atoms with Crippen molar-refractivity contribution in [2.75, 3.05) is 0 Å². The zero-order valence-electron chi connectivity index (χ0n) is 7.25. The number of hydrogen-bond donors (Lipinski definition) is 0. The summed E-state index contributed by atoms with van der Waals surface area (Å²) in [5, 5.41) is 0. The van der Waals surface area contributed by atoms with Crippen molar-refractivity contribution in [3.8, 4) is 0 Å². The normalized spacial score (nSPS) is 10.7. The van der Waals surface area contributed by atoms with Gasteiger partial charge in [0.1, 0.15) is 0 Å². The minimum Gasteiger partial charge on any atom is -0.374 e. The van der Waals surface area contributed by atoms with Gasteiger partial charge < -0.3 is 4.74 Å². The molecule has 0 unspecified atom stereocenters. The van der Waals surface area contributed by atoms with E-state index in [0.29, 0.717) is 5.56 Å². The SMILES string of the molecule is CC(C)OCc1cccnc1F. The Morgan fingerprint density at radius 1 is 1.58 bits per heavy atom. The van der Waals surface area contributed by atoms with Crippen LogP contribution in [0.4, 0.5) is 4.39 Å². The summed E-state index contributed by atoms with van der Waals surface area (Å²) in [6.07, 6.45) is 1.54. The minimum absolute atomic E-state index is 0.115. The van der Waals surface area contributed by atoms with Crippen molar-refractivity contribution in [3.63, 3.8) is 0 Å². The summed E-state index contributed by atoms with van der Waals surface area (Å²) in [4.78, 5) is 3.51. The van der Waals surface area contributed by atoms with Crippen molar-refractivity contribution in [2.24, 2.45) is 0 Å². The third kappa shape index (κ3) is 2.58. The molecule has 3 heteroatoms. The van der Waals surface area contributed by atoms with Gasteiger partial charge in [0.2, 0.25) is 5.95 Å². The summed E-state index contributed by atoms with van der Waals surface area (Å²) < 4.78 is 18.1. The molecule has 0 aromatic carbocycles. The zero-order valence-corrected chi connectivity index (χ0v) is 7.25. The van der Waals surface area contributed by atoms with Crippen LogP contribution in [0.5, 0.6) is 0 Å². The Bertz CT molecular complexity index is 250. The fraction of sp³-hybridized carbons (Fsp3) is 0.444. The van der Waals surface area contributed by atoms with E-state index in [1.807, 2.05) is 13.8 Å². The average molecular weight is 169 g/mol. The van der Waals surface area contributed by atoms with Crippen molar-refractivity contribution < 1.29 is 9.13 Å². The first-order valence-electron chi connectivity index (χ1n) is 3.91. The summed E-state index contributed by atoms with van der Waals surface area (Å²) in [6.45, 7) is 4.11. The number of rotatable bonds is 3. The molecule has 0 saturated carbocycles. The van der Waals surface area contributed by atoms with Gasteiger partial charge in [-0.25, -0.2) is 4.98 Å². The van der Waals surface area contributed by atoms with E-state index in [1.165, 1.54) is 6.20 Å². The summed E-state index contributed by atoms with van der Waals surface area (Å²) in [7, 11) is 0. The van der Waals surface area contributed by atoms with Gasteiger partial charge in [-0.05, 0) is 19.9 Å². The van der Waals surface area contributed by atoms with Crippen LogP contribution < -0.4 is 0 Å². The number of halogens is 1. The smallest absolute Gasteiger partial charge is 0.218 e. The van der Waals surface area contributed by atoms with E-state index in [9.17, 15) is 4.39 Å². The van der Waals surface area contributed by atoms with E-state index < -0.39 is 5.95 Å². The molecule has 0 spiro atoms.